The van der Waals surface area contributed by atoms with Gasteiger partial charge in [-0.15, -0.1) is 0 Å². The lowest BCUT2D eigenvalue weighted by Gasteiger charge is -2.27. The van der Waals surface area contributed by atoms with E-state index in [1.54, 1.807) is 0 Å². The molecule has 0 spiro atoms. The number of anilines is 1. The van der Waals surface area contributed by atoms with Crippen LogP contribution < -0.4 is 10.6 Å². The van der Waals surface area contributed by atoms with Crippen molar-refractivity contribution in [1.82, 2.24) is 10.2 Å². The van der Waals surface area contributed by atoms with Crippen molar-refractivity contribution in [2.75, 3.05) is 18.4 Å². The van der Waals surface area contributed by atoms with Crippen molar-refractivity contribution in [2.24, 2.45) is 0 Å². The standard InChI is InChI=1S/C22H29N3S/c1-17-10-11-18(2)21(14-17)24-22(26)23-15-19-8-4-5-9-20(19)16-25-12-6-3-7-13-25/h4-5,8-11,14H,3,6-7,12-13,15-16H2,1-2H3,(H2,23,24,26). The first kappa shape index (κ1) is 18.9. The van der Waals surface area contributed by atoms with Gasteiger partial charge in [0.05, 0.1) is 0 Å². The molecular formula is C22H29N3S. The van der Waals surface area contributed by atoms with Crippen LogP contribution in [0.1, 0.15) is 41.5 Å². The van der Waals surface area contributed by atoms with Crippen molar-refractivity contribution < 1.29 is 0 Å². The van der Waals surface area contributed by atoms with E-state index in [0.717, 1.165) is 18.8 Å². The first-order chi connectivity index (χ1) is 12.6. The van der Waals surface area contributed by atoms with Crippen molar-refractivity contribution in [3.63, 3.8) is 0 Å². The van der Waals surface area contributed by atoms with Crippen molar-refractivity contribution in [3.8, 4) is 0 Å². The lowest BCUT2D eigenvalue weighted by Crippen LogP contribution is -2.31. The van der Waals surface area contributed by atoms with Gasteiger partial charge in [-0.1, -0.05) is 42.8 Å². The molecule has 2 N–H and O–H groups in total. The van der Waals surface area contributed by atoms with Gasteiger partial charge in [-0.25, -0.2) is 0 Å². The molecule has 0 aromatic heterocycles. The van der Waals surface area contributed by atoms with Crippen molar-refractivity contribution in [2.45, 2.75) is 46.2 Å². The van der Waals surface area contributed by atoms with Crippen LogP contribution in [0.15, 0.2) is 42.5 Å². The summed E-state index contributed by atoms with van der Waals surface area (Å²) in [5.41, 5.74) is 6.22. The van der Waals surface area contributed by atoms with Crippen LogP contribution in [0.4, 0.5) is 5.69 Å². The molecule has 1 heterocycles. The van der Waals surface area contributed by atoms with E-state index in [0.29, 0.717) is 5.11 Å². The van der Waals surface area contributed by atoms with Gasteiger partial charge < -0.3 is 10.6 Å². The highest BCUT2D eigenvalue weighted by Gasteiger charge is 2.12. The number of hydrogen-bond donors (Lipinski definition) is 2. The number of rotatable bonds is 5. The monoisotopic (exact) mass is 367 g/mol. The van der Waals surface area contributed by atoms with Gasteiger partial charge in [-0.2, -0.15) is 0 Å². The minimum Gasteiger partial charge on any atom is -0.358 e. The second kappa shape index (κ2) is 9.15. The van der Waals surface area contributed by atoms with Crippen LogP contribution >= 0.6 is 12.2 Å². The largest absolute Gasteiger partial charge is 0.358 e. The van der Waals surface area contributed by atoms with Gasteiger partial charge in [0.25, 0.3) is 0 Å². The summed E-state index contributed by atoms with van der Waals surface area (Å²) in [4.78, 5) is 2.56. The fraction of sp³-hybridized carbons (Fsp3) is 0.409. The predicted molar refractivity (Wildman–Crippen MR) is 115 cm³/mol. The average molecular weight is 368 g/mol. The molecule has 3 nitrogen and oxygen atoms in total. The molecule has 0 amide bonds. The van der Waals surface area contributed by atoms with Crippen molar-refractivity contribution in [3.05, 3.63) is 64.7 Å². The summed E-state index contributed by atoms with van der Waals surface area (Å²) < 4.78 is 0. The first-order valence-electron chi connectivity index (χ1n) is 9.53. The highest BCUT2D eigenvalue weighted by molar-refractivity contribution is 7.80. The molecule has 0 atom stereocenters. The minimum absolute atomic E-state index is 0.673. The average Bonchev–Trinajstić information content (AvgIpc) is 2.65. The lowest BCUT2D eigenvalue weighted by molar-refractivity contribution is 0.220. The Bertz CT molecular complexity index is 751. The van der Waals surface area contributed by atoms with Crippen LogP contribution in [-0.4, -0.2) is 23.1 Å². The van der Waals surface area contributed by atoms with Crippen LogP contribution in [0.2, 0.25) is 0 Å². The van der Waals surface area contributed by atoms with Crippen molar-refractivity contribution in [1.29, 1.82) is 0 Å². The zero-order valence-electron chi connectivity index (χ0n) is 15.8. The second-order valence-corrected chi connectivity index (χ2v) is 7.64. The Balaban J connectivity index is 1.58. The molecule has 26 heavy (non-hydrogen) atoms. The summed E-state index contributed by atoms with van der Waals surface area (Å²) in [5, 5.41) is 7.38. The summed E-state index contributed by atoms with van der Waals surface area (Å²) in [6.45, 7) is 8.41. The third-order valence-electron chi connectivity index (χ3n) is 5.04. The van der Waals surface area contributed by atoms with E-state index in [1.165, 1.54) is 54.6 Å². The molecule has 3 rings (SSSR count). The number of nitrogens with one attached hydrogen (secondary N) is 2. The van der Waals surface area contributed by atoms with Gasteiger partial charge in [0.1, 0.15) is 0 Å². The molecule has 1 aliphatic rings. The smallest absolute Gasteiger partial charge is 0.171 e. The van der Waals surface area contributed by atoms with E-state index in [1.807, 2.05) is 0 Å². The van der Waals surface area contributed by atoms with Gasteiger partial charge in [-0.3, -0.25) is 4.90 Å². The van der Waals surface area contributed by atoms with E-state index >= 15 is 0 Å². The Kier molecular flexibility index (Phi) is 6.64. The highest BCUT2D eigenvalue weighted by atomic mass is 32.1. The van der Waals surface area contributed by atoms with Gasteiger partial charge in [0, 0.05) is 18.8 Å². The Morgan fingerprint density at radius 2 is 1.73 bits per heavy atom. The summed E-state index contributed by atoms with van der Waals surface area (Å²) in [6.07, 6.45) is 4.02. The molecule has 1 fully saturated rings. The molecule has 0 saturated carbocycles. The minimum atomic E-state index is 0.673. The summed E-state index contributed by atoms with van der Waals surface area (Å²) in [7, 11) is 0. The zero-order chi connectivity index (χ0) is 18.4. The van der Waals surface area contributed by atoms with Gasteiger partial charge in [0.2, 0.25) is 0 Å². The van der Waals surface area contributed by atoms with Crippen LogP contribution in [0.25, 0.3) is 0 Å². The maximum absolute atomic E-state index is 5.51. The van der Waals surface area contributed by atoms with Crippen LogP contribution in [0, 0.1) is 13.8 Å². The molecule has 0 unspecified atom stereocenters. The third kappa shape index (κ3) is 5.29. The number of benzene rings is 2. The quantitative estimate of drug-likeness (QED) is 0.744. The second-order valence-electron chi connectivity index (χ2n) is 7.23. The normalized spacial score (nSPS) is 14.8. The molecule has 138 valence electrons. The predicted octanol–water partition coefficient (Wildman–Crippen LogP) is 4.78. The van der Waals surface area contributed by atoms with Crippen molar-refractivity contribution >= 4 is 23.0 Å². The van der Waals surface area contributed by atoms with E-state index in [4.69, 9.17) is 12.2 Å². The highest BCUT2D eigenvalue weighted by Crippen LogP contribution is 2.18. The SMILES string of the molecule is Cc1ccc(C)c(NC(=S)NCc2ccccc2CN2CCCCC2)c1. The van der Waals surface area contributed by atoms with Crippen LogP contribution in [-0.2, 0) is 13.1 Å². The van der Waals surface area contributed by atoms with Gasteiger partial charge in [0.15, 0.2) is 5.11 Å². The Morgan fingerprint density at radius 3 is 2.50 bits per heavy atom. The molecule has 4 heteroatoms. The topological polar surface area (TPSA) is 27.3 Å². The molecule has 0 aliphatic carbocycles. The number of aryl methyl sites for hydroxylation is 2. The molecule has 2 aromatic carbocycles. The van der Waals surface area contributed by atoms with E-state index < -0.39 is 0 Å². The lowest BCUT2D eigenvalue weighted by atomic mass is 10.0. The van der Waals surface area contributed by atoms with Gasteiger partial charge in [-0.05, 0) is 80.3 Å². The molecule has 1 aliphatic heterocycles. The molecular weight excluding hydrogens is 338 g/mol. The molecule has 1 saturated heterocycles. The Morgan fingerprint density at radius 1 is 1.00 bits per heavy atom. The summed E-state index contributed by atoms with van der Waals surface area (Å²) >= 11 is 5.51. The fourth-order valence-electron chi connectivity index (χ4n) is 3.46. The number of nitrogens with zero attached hydrogens (tertiary/aromatic N) is 1. The third-order valence-corrected chi connectivity index (χ3v) is 5.29. The van der Waals surface area contributed by atoms with E-state index in [2.05, 4.69) is 71.8 Å². The summed E-state index contributed by atoms with van der Waals surface area (Å²) in [5.74, 6) is 0. The maximum atomic E-state index is 5.51. The Labute approximate surface area is 162 Å². The van der Waals surface area contributed by atoms with Gasteiger partial charge >= 0.3 is 0 Å². The first-order valence-corrected chi connectivity index (χ1v) is 9.94. The number of likely N-dealkylation sites (tertiary alicyclic amines) is 1. The molecule has 2 aromatic rings. The summed E-state index contributed by atoms with van der Waals surface area (Å²) in [6, 6.07) is 15.1. The molecule has 0 radical (unpaired) electrons. The number of piperidine rings is 1. The number of hydrogen-bond acceptors (Lipinski definition) is 2. The maximum Gasteiger partial charge on any atom is 0.171 e. The Hall–Kier alpha value is -1.91. The van der Waals surface area contributed by atoms with E-state index in [-0.39, 0.29) is 0 Å². The van der Waals surface area contributed by atoms with E-state index in [9.17, 15) is 0 Å². The zero-order valence-corrected chi connectivity index (χ0v) is 16.7. The fourth-order valence-corrected chi connectivity index (χ4v) is 3.64. The van der Waals surface area contributed by atoms with Crippen LogP contribution in [0.3, 0.4) is 0 Å². The number of thiocarbonyl (C=S) groups is 1. The molecule has 0 bridgehead atoms. The van der Waals surface area contributed by atoms with Crippen LogP contribution in [0.5, 0.6) is 0 Å².